The lowest BCUT2D eigenvalue weighted by atomic mass is 9.83. The molecule has 2 fully saturated rings. The normalized spacial score (nSPS) is 31.8. The minimum atomic E-state index is -0.143. The Labute approximate surface area is 110 Å². The third-order valence-corrected chi connectivity index (χ3v) is 5.18. The summed E-state index contributed by atoms with van der Waals surface area (Å²) in [6.45, 7) is 2.14. The predicted octanol–water partition coefficient (Wildman–Crippen LogP) is 3.72. The van der Waals surface area contributed by atoms with Crippen LogP contribution in [0.5, 0.6) is 0 Å². The van der Waals surface area contributed by atoms with Crippen molar-refractivity contribution in [3.63, 3.8) is 0 Å². The molecule has 0 spiro atoms. The largest absolute Gasteiger partial charge is 0.393 e. The van der Waals surface area contributed by atoms with E-state index in [2.05, 4.69) is 31.2 Å². The molecule has 4 atom stereocenters. The first-order valence-corrected chi connectivity index (χ1v) is 7.45. The van der Waals surface area contributed by atoms with Crippen molar-refractivity contribution in [3.05, 3.63) is 35.4 Å². The van der Waals surface area contributed by atoms with Crippen LogP contribution in [0.15, 0.2) is 24.3 Å². The Kier molecular flexibility index (Phi) is 3.43. The molecule has 1 aromatic rings. The van der Waals surface area contributed by atoms with E-state index < -0.39 is 0 Å². The number of aliphatic hydroxyl groups excluding tert-OH is 1. The summed E-state index contributed by atoms with van der Waals surface area (Å²) < 4.78 is 0. The predicted molar refractivity (Wildman–Crippen MR) is 74.4 cm³/mol. The highest BCUT2D eigenvalue weighted by Crippen LogP contribution is 2.49. The Bertz CT molecular complexity index is 412. The molecule has 1 N–H and O–H groups in total. The zero-order valence-corrected chi connectivity index (χ0v) is 11.3. The van der Waals surface area contributed by atoms with Crippen LogP contribution in [0.4, 0.5) is 0 Å². The summed E-state index contributed by atoms with van der Waals surface area (Å²) >= 11 is 0. The standard InChI is InChI=1S/C17H24O/c1-12-4-2-3-5-14(12)10-17(18)11-16-9-13-6-7-15(16)8-13/h2-5,13,15-18H,6-11H2,1H3. The molecule has 0 radical (unpaired) electrons. The highest BCUT2D eigenvalue weighted by atomic mass is 16.3. The lowest BCUT2D eigenvalue weighted by Gasteiger charge is -2.24. The van der Waals surface area contributed by atoms with Gasteiger partial charge in [0.2, 0.25) is 0 Å². The fourth-order valence-electron chi connectivity index (χ4n) is 4.19. The molecule has 4 unspecified atom stereocenters. The van der Waals surface area contributed by atoms with Gasteiger partial charge in [0.15, 0.2) is 0 Å². The summed E-state index contributed by atoms with van der Waals surface area (Å²) in [5.74, 6) is 2.73. The van der Waals surface area contributed by atoms with Crippen molar-refractivity contribution < 1.29 is 5.11 Å². The fourth-order valence-corrected chi connectivity index (χ4v) is 4.19. The first-order valence-electron chi connectivity index (χ1n) is 7.45. The van der Waals surface area contributed by atoms with Crippen LogP contribution < -0.4 is 0 Å². The molecule has 1 heteroatoms. The number of benzene rings is 1. The number of aryl methyl sites for hydroxylation is 1. The van der Waals surface area contributed by atoms with E-state index in [4.69, 9.17) is 0 Å². The van der Waals surface area contributed by atoms with Crippen LogP contribution in [0.1, 0.15) is 43.2 Å². The van der Waals surface area contributed by atoms with Gasteiger partial charge >= 0.3 is 0 Å². The number of hydrogen-bond donors (Lipinski definition) is 1. The van der Waals surface area contributed by atoms with Gasteiger partial charge in [0.1, 0.15) is 0 Å². The van der Waals surface area contributed by atoms with Gasteiger partial charge in [0.25, 0.3) is 0 Å². The molecule has 0 saturated heterocycles. The summed E-state index contributed by atoms with van der Waals surface area (Å²) in [7, 11) is 0. The molecule has 2 bridgehead atoms. The van der Waals surface area contributed by atoms with E-state index in [0.29, 0.717) is 0 Å². The fraction of sp³-hybridized carbons (Fsp3) is 0.647. The third kappa shape index (κ3) is 2.47. The molecule has 98 valence electrons. The quantitative estimate of drug-likeness (QED) is 0.855. The molecule has 0 amide bonds. The smallest absolute Gasteiger partial charge is 0.0583 e. The number of rotatable bonds is 4. The van der Waals surface area contributed by atoms with Crippen molar-refractivity contribution in [2.75, 3.05) is 0 Å². The molecular formula is C17H24O. The number of hydrogen-bond acceptors (Lipinski definition) is 1. The van der Waals surface area contributed by atoms with Gasteiger partial charge < -0.3 is 5.11 Å². The van der Waals surface area contributed by atoms with Crippen LogP contribution in [0, 0.1) is 24.7 Å². The molecule has 0 heterocycles. The van der Waals surface area contributed by atoms with Crippen molar-refractivity contribution in [3.8, 4) is 0 Å². The number of aliphatic hydroxyl groups is 1. The van der Waals surface area contributed by atoms with Crippen LogP contribution in [-0.4, -0.2) is 11.2 Å². The minimum Gasteiger partial charge on any atom is -0.393 e. The molecule has 2 saturated carbocycles. The molecule has 2 aliphatic carbocycles. The molecule has 18 heavy (non-hydrogen) atoms. The zero-order chi connectivity index (χ0) is 12.5. The van der Waals surface area contributed by atoms with Gasteiger partial charge in [-0.3, -0.25) is 0 Å². The molecule has 2 aliphatic rings. The lowest BCUT2D eigenvalue weighted by molar-refractivity contribution is 0.124. The van der Waals surface area contributed by atoms with Crippen LogP contribution in [0.25, 0.3) is 0 Å². The van der Waals surface area contributed by atoms with Crippen molar-refractivity contribution in [2.24, 2.45) is 17.8 Å². The van der Waals surface area contributed by atoms with Crippen LogP contribution >= 0.6 is 0 Å². The van der Waals surface area contributed by atoms with Gasteiger partial charge in [0.05, 0.1) is 6.10 Å². The Balaban J connectivity index is 1.56. The summed E-state index contributed by atoms with van der Waals surface area (Å²) in [5, 5.41) is 10.3. The summed E-state index contributed by atoms with van der Waals surface area (Å²) in [5.41, 5.74) is 2.62. The third-order valence-electron chi connectivity index (χ3n) is 5.18. The highest BCUT2D eigenvalue weighted by molar-refractivity contribution is 5.26. The van der Waals surface area contributed by atoms with Crippen LogP contribution in [-0.2, 0) is 6.42 Å². The van der Waals surface area contributed by atoms with E-state index in [1.165, 1.54) is 36.8 Å². The van der Waals surface area contributed by atoms with Crippen LogP contribution in [0.2, 0.25) is 0 Å². The van der Waals surface area contributed by atoms with Gasteiger partial charge in [-0.15, -0.1) is 0 Å². The lowest BCUT2D eigenvalue weighted by Crippen LogP contribution is -2.20. The summed E-state index contributed by atoms with van der Waals surface area (Å²) in [6.07, 6.45) is 7.42. The van der Waals surface area contributed by atoms with Gasteiger partial charge in [-0.05, 0) is 67.9 Å². The van der Waals surface area contributed by atoms with Crippen molar-refractivity contribution in [2.45, 2.75) is 51.6 Å². The second-order valence-electron chi connectivity index (χ2n) is 6.46. The monoisotopic (exact) mass is 244 g/mol. The Morgan fingerprint density at radius 3 is 2.72 bits per heavy atom. The molecule has 0 aliphatic heterocycles. The zero-order valence-electron chi connectivity index (χ0n) is 11.3. The van der Waals surface area contributed by atoms with Gasteiger partial charge in [0, 0.05) is 0 Å². The van der Waals surface area contributed by atoms with E-state index in [1.807, 2.05) is 0 Å². The SMILES string of the molecule is Cc1ccccc1CC(O)CC1CC2CCC1C2. The summed E-state index contributed by atoms with van der Waals surface area (Å²) in [4.78, 5) is 0. The first-order chi connectivity index (χ1) is 8.72. The Hall–Kier alpha value is -0.820. The number of fused-ring (bicyclic) bond motifs is 2. The minimum absolute atomic E-state index is 0.143. The maximum absolute atomic E-state index is 10.3. The van der Waals surface area contributed by atoms with E-state index in [9.17, 15) is 5.11 Å². The second-order valence-corrected chi connectivity index (χ2v) is 6.46. The molecule has 0 aromatic heterocycles. The average molecular weight is 244 g/mol. The van der Waals surface area contributed by atoms with Gasteiger partial charge in [-0.2, -0.15) is 0 Å². The summed E-state index contributed by atoms with van der Waals surface area (Å²) in [6, 6.07) is 8.44. The topological polar surface area (TPSA) is 20.2 Å². The Morgan fingerprint density at radius 2 is 2.06 bits per heavy atom. The van der Waals surface area contributed by atoms with Crippen molar-refractivity contribution in [1.29, 1.82) is 0 Å². The highest BCUT2D eigenvalue weighted by Gasteiger charge is 2.39. The maximum Gasteiger partial charge on any atom is 0.0583 e. The van der Waals surface area contributed by atoms with E-state index in [0.717, 1.165) is 30.6 Å². The molecule has 1 nitrogen and oxygen atoms in total. The van der Waals surface area contributed by atoms with Gasteiger partial charge in [-0.25, -0.2) is 0 Å². The molecule has 3 rings (SSSR count). The van der Waals surface area contributed by atoms with E-state index >= 15 is 0 Å². The van der Waals surface area contributed by atoms with Crippen LogP contribution in [0.3, 0.4) is 0 Å². The maximum atomic E-state index is 10.3. The van der Waals surface area contributed by atoms with Crippen molar-refractivity contribution >= 4 is 0 Å². The molecule has 1 aromatic carbocycles. The molecular weight excluding hydrogens is 220 g/mol. The van der Waals surface area contributed by atoms with E-state index in [-0.39, 0.29) is 6.10 Å². The first kappa shape index (κ1) is 12.2. The van der Waals surface area contributed by atoms with Gasteiger partial charge in [-0.1, -0.05) is 30.7 Å². The van der Waals surface area contributed by atoms with E-state index in [1.54, 1.807) is 0 Å². The average Bonchev–Trinajstić information content (AvgIpc) is 2.94. The Morgan fingerprint density at radius 1 is 1.22 bits per heavy atom. The second kappa shape index (κ2) is 5.05. The van der Waals surface area contributed by atoms with Crippen molar-refractivity contribution in [1.82, 2.24) is 0 Å².